The quantitative estimate of drug-likeness (QED) is 0.0714. The number of benzene rings is 1. The van der Waals surface area contributed by atoms with Gasteiger partial charge in [-0.3, -0.25) is 4.18 Å². The van der Waals surface area contributed by atoms with Crippen molar-refractivity contribution in [1.29, 1.82) is 0 Å². The molecule has 0 saturated heterocycles. The van der Waals surface area contributed by atoms with Gasteiger partial charge in [0.1, 0.15) is 11.5 Å². The summed E-state index contributed by atoms with van der Waals surface area (Å²) in [6.45, 7) is 2.30. The highest BCUT2D eigenvalue weighted by Gasteiger charge is 2.00. The van der Waals surface area contributed by atoms with E-state index in [0.29, 0.717) is 0 Å². The van der Waals surface area contributed by atoms with Gasteiger partial charge in [0.2, 0.25) is 10.4 Å². The van der Waals surface area contributed by atoms with Gasteiger partial charge < -0.3 is 4.55 Å². The van der Waals surface area contributed by atoms with Gasteiger partial charge >= 0.3 is 0 Å². The summed E-state index contributed by atoms with van der Waals surface area (Å²) in [6, 6.07) is 10.9. The van der Waals surface area contributed by atoms with Crippen molar-refractivity contribution in [3.05, 3.63) is 35.9 Å². The Morgan fingerprint density at radius 3 is 1.52 bits per heavy atom. The first-order valence-electron chi connectivity index (χ1n) is 12.2. The average Bonchev–Trinajstić information content (AvgIpc) is 2.76. The Hall–Kier alpha value is -0.560. The number of hydrogen-bond acceptors (Lipinski definition) is 4. The van der Waals surface area contributed by atoms with Gasteiger partial charge in [-0.15, -0.1) is 0 Å². The molecule has 0 atom stereocenters. The van der Waals surface area contributed by atoms with Crippen LogP contribution < -0.4 is 0 Å². The van der Waals surface area contributed by atoms with Crippen molar-refractivity contribution in [3.63, 3.8) is 0 Å². The van der Waals surface area contributed by atoms with Crippen molar-refractivity contribution in [1.82, 2.24) is 0 Å². The third-order valence-electron chi connectivity index (χ3n) is 5.26. The number of unbranched alkanes of at least 4 members (excludes halogenated alkanes) is 14. The number of thiol groups is 1. The number of rotatable bonds is 19. The number of hydrogen-bond donors (Lipinski definition) is 0. The monoisotopic (exact) mass is 474 g/mol. The second-order valence-corrected chi connectivity index (χ2v) is 10.5. The van der Waals surface area contributed by atoms with Crippen LogP contribution in [0.25, 0.3) is 0 Å². The van der Waals surface area contributed by atoms with Crippen molar-refractivity contribution in [2.24, 2.45) is 0 Å². The summed E-state index contributed by atoms with van der Waals surface area (Å²) in [5, 5.41) is 0. The summed E-state index contributed by atoms with van der Waals surface area (Å²) in [5.74, 6) is 2.62. The highest BCUT2D eigenvalue weighted by molar-refractivity contribution is 7.80. The van der Waals surface area contributed by atoms with E-state index in [-0.39, 0.29) is 0 Å². The Kier molecular flexibility index (Phi) is 22.2. The van der Waals surface area contributed by atoms with Crippen LogP contribution in [-0.4, -0.2) is 25.8 Å². The smallest absolute Gasteiger partial charge is 0.217 e. The lowest BCUT2D eigenvalue weighted by Crippen LogP contribution is -1.97. The fraction of sp³-hybridized carbons (Fsp3) is 0.760. The maximum absolute atomic E-state index is 9.22. The minimum atomic E-state index is -4.41. The van der Waals surface area contributed by atoms with E-state index in [1.54, 1.807) is 11.8 Å². The average molecular weight is 475 g/mol. The molecule has 182 valence electrons. The van der Waals surface area contributed by atoms with Crippen molar-refractivity contribution >= 4 is 22.2 Å². The van der Waals surface area contributed by atoms with E-state index in [4.69, 9.17) is 0 Å². The standard InChI is InChI=1S/C24H42S.CH4O4S/c1-2-3-4-5-6-7-8-9-10-11-12-13-14-15-19-22-25-23-24-20-17-16-18-21-24;1-5-6(2,3)4/h16-18,20-21H,2-15,19,22-23H2,1H3;1H3,(H,2,3,4). The van der Waals surface area contributed by atoms with Crippen molar-refractivity contribution in [2.45, 2.75) is 109 Å². The molecule has 0 aliphatic heterocycles. The van der Waals surface area contributed by atoms with Crippen molar-refractivity contribution in [2.75, 3.05) is 12.9 Å². The second kappa shape index (κ2) is 22.6. The molecule has 0 amide bonds. The van der Waals surface area contributed by atoms with Crippen LogP contribution >= 0.6 is 0 Å². The first kappa shape index (κ1) is 30.4. The normalized spacial score (nSPS) is 11.2. The molecule has 0 radical (unpaired) electrons. The predicted molar refractivity (Wildman–Crippen MR) is 135 cm³/mol. The lowest BCUT2D eigenvalue weighted by atomic mass is 10.0. The first-order valence-corrected chi connectivity index (χ1v) is 14.8. The molecule has 0 heterocycles. The fourth-order valence-corrected chi connectivity index (χ4v) is 4.46. The molecule has 0 fully saturated rings. The van der Waals surface area contributed by atoms with Gasteiger partial charge in [0.05, 0.1) is 7.11 Å². The maximum atomic E-state index is 9.22. The molecule has 6 heteroatoms. The van der Waals surface area contributed by atoms with E-state index in [0.717, 1.165) is 7.11 Å². The van der Waals surface area contributed by atoms with Gasteiger partial charge in [0.25, 0.3) is 0 Å². The van der Waals surface area contributed by atoms with Gasteiger partial charge in [-0.1, -0.05) is 121 Å². The Morgan fingerprint density at radius 2 is 1.13 bits per heavy atom. The van der Waals surface area contributed by atoms with E-state index < -0.39 is 10.4 Å². The van der Waals surface area contributed by atoms with E-state index in [1.165, 1.54) is 113 Å². The molecular weight excluding hydrogens is 428 g/mol. The van der Waals surface area contributed by atoms with Crippen LogP contribution in [0.5, 0.6) is 0 Å². The van der Waals surface area contributed by atoms with Gasteiger partial charge in [0, 0.05) is 5.56 Å². The van der Waals surface area contributed by atoms with Gasteiger partial charge in [-0.25, -0.2) is 8.42 Å². The summed E-state index contributed by atoms with van der Waals surface area (Å²) in [5.41, 5.74) is 1.49. The van der Waals surface area contributed by atoms with Crippen molar-refractivity contribution < 1.29 is 17.2 Å². The molecule has 0 unspecified atom stereocenters. The molecule has 0 aromatic heterocycles. The van der Waals surface area contributed by atoms with Gasteiger partial charge in [-0.05, 0) is 24.6 Å². The summed E-state index contributed by atoms with van der Waals surface area (Å²) in [7, 11) is -3.60. The maximum Gasteiger partial charge on any atom is 0.217 e. The van der Waals surface area contributed by atoms with Gasteiger partial charge in [0.15, 0.2) is 0 Å². The predicted octanol–water partition coefficient (Wildman–Crippen LogP) is 6.97. The summed E-state index contributed by atoms with van der Waals surface area (Å²) in [6.07, 6.45) is 21.9. The molecule has 4 nitrogen and oxygen atoms in total. The SMILES string of the molecule is CCCCCCCCCCCCCCCCC[SH+]Cc1ccccc1.COS(=O)(=O)[O-]. The van der Waals surface area contributed by atoms with Crippen LogP contribution in [0.15, 0.2) is 30.3 Å². The van der Waals surface area contributed by atoms with E-state index in [1.807, 2.05) is 0 Å². The lowest BCUT2D eigenvalue weighted by molar-refractivity contribution is 0.314. The topological polar surface area (TPSA) is 66.4 Å². The molecule has 1 rings (SSSR count). The fourth-order valence-electron chi connectivity index (χ4n) is 3.39. The van der Waals surface area contributed by atoms with Crippen LogP contribution in [0.1, 0.15) is 109 Å². The van der Waals surface area contributed by atoms with Crippen LogP contribution in [0.3, 0.4) is 0 Å². The molecule has 31 heavy (non-hydrogen) atoms. The molecule has 0 spiro atoms. The summed E-state index contributed by atoms with van der Waals surface area (Å²) in [4.78, 5) is 0. The largest absolute Gasteiger partial charge is 0.726 e. The van der Waals surface area contributed by atoms with Crippen LogP contribution in [0.4, 0.5) is 0 Å². The Morgan fingerprint density at radius 1 is 0.742 bits per heavy atom. The first-order chi connectivity index (χ1) is 15.0. The zero-order chi connectivity index (χ0) is 23.0. The Labute approximate surface area is 196 Å². The zero-order valence-corrected chi connectivity index (χ0v) is 21.6. The molecule has 1 aromatic rings. The van der Waals surface area contributed by atoms with Gasteiger partial charge in [-0.2, -0.15) is 0 Å². The Balaban J connectivity index is 0.00000131. The Bertz CT molecular complexity index is 576. The molecule has 0 bridgehead atoms. The summed E-state index contributed by atoms with van der Waals surface area (Å²) < 4.78 is 31.0. The molecule has 1 aromatic carbocycles. The molecule has 0 aliphatic rings. The molecule has 0 saturated carbocycles. The lowest BCUT2D eigenvalue weighted by Gasteiger charge is -2.03. The third kappa shape index (κ3) is 25.6. The molecule has 0 N–H and O–H groups in total. The van der Waals surface area contributed by atoms with Crippen LogP contribution in [0, 0.1) is 0 Å². The molecular formula is C25H46O4S2. The minimum Gasteiger partial charge on any atom is -0.726 e. The third-order valence-corrected chi connectivity index (χ3v) is 6.89. The van der Waals surface area contributed by atoms with Crippen LogP contribution in [-0.2, 0) is 32.1 Å². The summed E-state index contributed by atoms with van der Waals surface area (Å²) >= 11 is 1.61. The minimum absolute atomic E-state index is 0.808. The van der Waals surface area contributed by atoms with E-state index in [9.17, 15) is 13.0 Å². The molecule has 0 aliphatic carbocycles. The van der Waals surface area contributed by atoms with E-state index >= 15 is 0 Å². The second-order valence-electron chi connectivity index (χ2n) is 8.12. The van der Waals surface area contributed by atoms with E-state index in [2.05, 4.69) is 41.4 Å². The highest BCUT2D eigenvalue weighted by atomic mass is 32.3. The highest BCUT2D eigenvalue weighted by Crippen LogP contribution is 2.13. The van der Waals surface area contributed by atoms with Crippen LogP contribution in [0.2, 0.25) is 0 Å². The zero-order valence-electron chi connectivity index (χ0n) is 19.9. The van der Waals surface area contributed by atoms with Crippen molar-refractivity contribution in [3.8, 4) is 0 Å².